The molecule has 1 heterocycles. The van der Waals surface area contributed by atoms with E-state index < -0.39 is 26.6 Å². The predicted molar refractivity (Wildman–Crippen MR) is 130 cm³/mol. The molecule has 6 nitrogen and oxygen atoms in total. The summed E-state index contributed by atoms with van der Waals surface area (Å²) in [6.45, 7) is 3.20. The van der Waals surface area contributed by atoms with Gasteiger partial charge in [-0.15, -0.1) is 0 Å². The first-order chi connectivity index (χ1) is 16.7. The molecule has 1 N–H and O–H groups in total. The summed E-state index contributed by atoms with van der Waals surface area (Å²) in [5.41, 5.74) is 0.631. The lowest BCUT2D eigenvalue weighted by atomic mass is 10.2. The van der Waals surface area contributed by atoms with E-state index in [-0.39, 0.29) is 23.0 Å². The zero-order valence-electron chi connectivity index (χ0n) is 18.8. The molecule has 3 aromatic rings. The number of phenolic OH excluding ortho intramolecular Hbond substituents is 1. The average Bonchev–Trinajstić information content (AvgIpc) is 3.32. The summed E-state index contributed by atoms with van der Waals surface area (Å²) in [6.07, 6.45) is 2.39. The summed E-state index contributed by atoms with van der Waals surface area (Å²) in [5.74, 6) is -1.59. The quantitative estimate of drug-likeness (QED) is 0.418. The number of hydrogen-bond donors (Lipinski definition) is 1. The number of benzene rings is 3. The summed E-state index contributed by atoms with van der Waals surface area (Å²) in [4.78, 5) is 1.65. The standard InChI is InChI=1S/C25H25ClF2N2O4S/c26-23-16-21(31)7-3-18(23)17-30(35(32,33)25-10-4-19(27)15-24(25)28)20-5-8-22(9-6-20)34-14-13-29-11-1-2-12-29/h3-10,15-16,31H,1-2,11-14,17H2. The Labute approximate surface area is 208 Å². The van der Waals surface area contributed by atoms with Crippen molar-refractivity contribution in [1.29, 1.82) is 0 Å². The highest BCUT2D eigenvalue weighted by Gasteiger charge is 2.29. The van der Waals surface area contributed by atoms with E-state index in [0.717, 1.165) is 36.1 Å². The highest BCUT2D eigenvalue weighted by atomic mass is 35.5. The smallest absolute Gasteiger partial charge is 0.267 e. The molecular formula is C25H25ClF2N2O4S. The maximum atomic E-state index is 14.5. The first-order valence-corrected chi connectivity index (χ1v) is 13.0. The summed E-state index contributed by atoms with van der Waals surface area (Å²) in [5, 5.41) is 9.79. The minimum Gasteiger partial charge on any atom is -0.508 e. The van der Waals surface area contributed by atoms with Gasteiger partial charge in [-0.05, 0) is 80.0 Å². The van der Waals surface area contributed by atoms with Gasteiger partial charge in [0.15, 0.2) is 0 Å². The van der Waals surface area contributed by atoms with Crippen molar-refractivity contribution in [1.82, 2.24) is 4.90 Å². The molecule has 186 valence electrons. The summed E-state index contributed by atoms with van der Waals surface area (Å²) in [6, 6.07) is 12.8. The second-order valence-electron chi connectivity index (χ2n) is 8.25. The Kier molecular flexibility index (Phi) is 7.78. The third kappa shape index (κ3) is 6.04. The SMILES string of the molecule is O=S(=O)(c1ccc(F)cc1F)N(Cc1ccc(O)cc1Cl)c1ccc(OCCN2CCCC2)cc1. The van der Waals surface area contributed by atoms with Crippen molar-refractivity contribution in [3.63, 3.8) is 0 Å². The van der Waals surface area contributed by atoms with Crippen LogP contribution in [0.25, 0.3) is 0 Å². The van der Waals surface area contributed by atoms with Gasteiger partial charge >= 0.3 is 0 Å². The van der Waals surface area contributed by atoms with Crippen LogP contribution in [0.1, 0.15) is 18.4 Å². The van der Waals surface area contributed by atoms with Gasteiger partial charge in [0.1, 0.15) is 34.6 Å². The zero-order chi connectivity index (χ0) is 25.0. The Morgan fingerprint density at radius 3 is 2.37 bits per heavy atom. The highest BCUT2D eigenvalue weighted by molar-refractivity contribution is 7.92. The van der Waals surface area contributed by atoms with Gasteiger partial charge in [0.25, 0.3) is 10.0 Å². The van der Waals surface area contributed by atoms with Crippen molar-refractivity contribution >= 4 is 27.3 Å². The molecule has 1 fully saturated rings. The molecule has 35 heavy (non-hydrogen) atoms. The maximum absolute atomic E-state index is 14.5. The van der Waals surface area contributed by atoms with Crippen molar-refractivity contribution in [3.8, 4) is 11.5 Å². The highest BCUT2D eigenvalue weighted by Crippen LogP contribution is 2.31. The van der Waals surface area contributed by atoms with E-state index in [9.17, 15) is 22.3 Å². The molecule has 3 aromatic carbocycles. The lowest BCUT2D eigenvalue weighted by Crippen LogP contribution is -2.31. The molecule has 0 amide bonds. The van der Waals surface area contributed by atoms with Crippen molar-refractivity contribution in [3.05, 3.63) is 82.9 Å². The van der Waals surface area contributed by atoms with Crippen molar-refractivity contribution in [2.75, 3.05) is 30.5 Å². The van der Waals surface area contributed by atoms with Crippen LogP contribution in [-0.2, 0) is 16.6 Å². The number of sulfonamides is 1. The minimum absolute atomic E-state index is 0.0758. The maximum Gasteiger partial charge on any atom is 0.267 e. The zero-order valence-corrected chi connectivity index (χ0v) is 20.4. The van der Waals surface area contributed by atoms with Crippen LogP contribution in [0.4, 0.5) is 14.5 Å². The molecule has 0 atom stereocenters. The van der Waals surface area contributed by atoms with Gasteiger partial charge in [-0.25, -0.2) is 17.2 Å². The van der Waals surface area contributed by atoms with Crippen LogP contribution in [0, 0.1) is 11.6 Å². The van der Waals surface area contributed by atoms with Crippen LogP contribution >= 0.6 is 11.6 Å². The lowest BCUT2D eigenvalue weighted by molar-refractivity contribution is 0.238. The average molecular weight is 523 g/mol. The Morgan fingerprint density at radius 1 is 1.00 bits per heavy atom. The number of anilines is 1. The van der Waals surface area contributed by atoms with Gasteiger partial charge in [0.05, 0.1) is 12.2 Å². The van der Waals surface area contributed by atoms with Crippen LogP contribution in [0.15, 0.2) is 65.6 Å². The third-order valence-corrected chi connectivity index (χ3v) is 7.97. The summed E-state index contributed by atoms with van der Waals surface area (Å²) in [7, 11) is -4.44. The number of halogens is 3. The Morgan fingerprint density at radius 2 is 1.71 bits per heavy atom. The van der Waals surface area contributed by atoms with E-state index in [1.165, 1.54) is 31.0 Å². The predicted octanol–water partition coefficient (Wildman–Crippen LogP) is 5.19. The van der Waals surface area contributed by atoms with E-state index in [1.807, 2.05) is 0 Å². The van der Waals surface area contributed by atoms with E-state index >= 15 is 0 Å². The third-order valence-electron chi connectivity index (χ3n) is 5.81. The molecule has 0 unspecified atom stereocenters. The number of rotatable bonds is 9. The van der Waals surface area contributed by atoms with Gasteiger partial charge in [-0.2, -0.15) is 0 Å². The van der Waals surface area contributed by atoms with E-state index in [1.54, 1.807) is 24.3 Å². The number of phenols is 1. The van der Waals surface area contributed by atoms with Crippen LogP contribution in [0.3, 0.4) is 0 Å². The fourth-order valence-electron chi connectivity index (χ4n) is 3.94. The molecule has 1 saturated heterocycles. The normalized spacial score (nSPS) is 14.3. The molecular weight excluding hydrogens is 498 g/mol. The van der Waals surface area contributed by atoms with E-state index in [0.29, 0.717) is 24.0 Å². The fourth-order valence-corrected chi connectivity index (χ4v) is 5.67. The first kappa shape index (κ1) is 25.2. The van der Waals surface area contributed by atoms with Gasteiger partial charge in [0.2, 0.25) is 0 Å². The topological polar surface area (TPSA) is 70.1 Å². The van der Waals surface area contributed by atoms with E-state index in [4.69, 9.17) is 16.3 Å². The van der Waals surface area contributed by atoms with Gasteiger partial charge in [-0.1, -0.05) is 17.7 Å². The molecule has 0 aromatic heterocycles. The Hall–Kier alpha value is -2.88. The molecule has 1 aliphatic rings. The lowest BCUT2D eigenvalue weighted by Gasteiger charge is -2.25. The van der Waals surface area contributed by atoms with Gasteiger partial charge in [-0.3, -0.25) is 9.21 Å². The van der Waals surface area contributed by atoms with Crippen LogP contribution in [0.5, 0.6) is 11.5 Å². The molecule has 0 aliphatic carbocycles. The van der Waals surface area contributed by atoms with Gasteiger partial charge in [0, 0.05) is 17.6 Å². The fraction of sp³-hybridized carbons (Fsp3) is 0.280. The minimum atomic E-state index is -4.44. The largest absolute Gasteiger partial charge is 0.508 e. The van der Waals surface area contributed by atoms with Crippen molar-refractivity contribution in [2.24, 2.45) is 0 Å². The Balaban J connectivity index is 1.62. The number of likely N-dealkylation sites (tertiary alicyclic amines) is 1. The van der Waals surface area contributed by atoms with Crippen molar-refractivity contribution in [2.45, 2.75) is 24.3 Å². The monoisotopic (exact) mass is 522 g/mol. The number of hydrogen-bond acceptors (Lipinski definition) is 5. The Bertz CT molecular complexity index is 1280. The molecule has 0 spiro atoms. The molecule has 10 heteroatoms. The molecule has 4 rings (SSSR count). The molecule has 1 aliphatic heterocycles. The second kappa shape index (κ2) is 10.8. The molecule has 0 saturated carbocycles. The number of ether oxygens (including phenoxy) is 1. The molecule has 0 radical (unpaired) electrons. The van der Waals surface area contributed by atoms with Crippen LogP contribution in [0.2, 0.25) is 5.02 Å². The van der Waals surface area contributed by atoms with E-state index in [2.05, 4.69) is 4.90 Å². The summed E-state index contributed by atoms with van der Waals surface area (Å²) >= 11 is 6.22. The van der Waals surface area contributed by atoms with Gasteiger partial charge < -0.3 is 9.84 Å². The van der Waals surface area contributed by atoms with Crippen LogP contribution < -0.4 is 9.04 Å². The number of aromatic hydroxyl groups is 1. The number of nitrogens with zero attached hydrogens (tertiary/aromatic N) is 2. The molecule has 0 bridgehead atoms. The van der Waals surface area contributed by atoms with Crippen LogP contribution in [-0.4, -0.2) is 44.7 Å². The summed E-state index contributed by atoms with van der Waals surface area (Å²) < 4.78 is 61.7. The second-order valence-corrected chi connectivity index (χ2v) is 10.5. The van der Waals surface area contributed by atoms with Crippen molar-refractivity contribution < 1.29 is 27.0 Å². The first-order valence-electron chi connectivity index (χ1n) is 11.1.